The predicted molar refractivity (Wildman–Crippen MR) is 87.7 cm³/mol. The van der Waals surface area contributed by atoms with Gasteiger partial charge in [0.25, 0.3) is 0 Å². The van der Waals surface area contributed by atoms with Gasteiger partial charge in [0.1, 0.15) is 18.1 Å². The van der Waals surface area contributed by atoms with E-state index in [-0.39, 0.29) is 12.3 Å². The highest BCUT2D eigenvalue weighted by atomic mass is 35.5. The van der Waals surface area contributed by atoms with Crippen molar-refractivity contribution < 1.29 is 19.4 Å². The molecule has 120 valence electrons. The lowest BCUT2D eigenvalue weighted by Crippen LogP contribution is -2.07. The number of halogens is 2. The van der Waals surface area contributed by atoms with E-state index in [1.807, 2.05) is 18.2 Å². The predicted octanol–water partition coefficient (Wildman–Crippen LogP) is 4.52. The largest absolute Gasteiger partial charge is 0.492 e. The van der Waals surface area contributed by atoms with Crippen LogP contribution in [0.2, 0.25) is 10.0 Å². The molecule has 0 unspecified atom stereocenters. The maximum atomic E-state index is 10.8. The van der Waals surface area contributed by atoms with Gasteiger partial charge in [0, 0.05) is 33.2 Å². The summed E-state index contributed by atoms with van der Waals surface area (Å²) < 4.78 is 11.3. The van der Waals surface area contributed by atoms with Gasteiger partial charge in [0.2, 0.25) is 0 Å². The number of carboxylic acids is 1. The number of carboxylic acid groups (broad SMARTS) is 1. The van der Waals surface area contributed by atoms with E-state index in [9.17, 15) is 4.79 Å². The lowest BCUT2D eigenvalue weighted by atomic mass is 9.98. The molecule has 0 saturated heterocycles. The Morgan fingerprint density at radius 2 is 2.09 bits per heavy atom. The van der Waals surface area contributed by atoms with E-state index in [2.05, 4.69) is 0 Å². The van der Waals surface area contributed by atoms with Gasteiger partial charge in [-0.3, -0.25) is 4.79 Å². The van der Waals surface area contributed by atoms with Crippen LogP contribution < -0.4 is 9.47 Å². The Labute approximate surface area is 143 Å². The van der Waals surface area contributed by atoms with Crippen LogP contribution in [0.4, 0.5) is 0 Å². The molecule has 1 N–H and O–H groups in total. The number of aliphatic carboxylic acids is 1. The van der Waals surface area contributed by atoms with Crippen molar-refractivity contribution in [3.63, 3.8) is 0 Å². The molecular formula is C17H14Cl2O4. The fourth-order valence-electron chi connectivity index (χ4n) is 2.53. The Bertz CT molecular complexity index is 745. The zero-order valence-corrected chi connectivity index (χ0v) is 13.6. The minimum Gasteiger partial charge on any atom is -0.492 e. The summed E-state index contributed by atoms with van der Waals surface area (Å²) in [6.45, 7) is 0.696. The Balaban J connectivity index is 1.69. The van der Waals surface area contributed by atoms with Gasteiger partial charge in [0.15, 0.2) is 0 Å². The first kappa shape index (κ1) is 16.0. The highest BCUT2D eigenvalue weighted by Gasteiger charge is 2.26. The van der Waals surface area contributed by atoms with E-state index in [0.29, 0.717) is 34.8 Å². The van der Waals surface area contributed by atoms with E-state index in [1.165, 1.54) is 0 Å². The summed E-state index contributed by atoms with van der Waals surface area (Å²) in [4.78, 5) is 10.8. The molecule has 4 nitrogen and oxygen atoms in total. The number of fused-ring (bicyclic) bond motifs is 1. The van der Waals surface area contributed by atoms with Crippen LogP contribution in [-0.4, -0.2) is 17.7 Å². The van der Waals surface area contributed by atoms with Crippen LogP contribution in [0.1, 0.15) is 23.5 Å². The molecule has 6 heteroatoms. The van der Waals surface area contributed by atoms with Crippen LogP contribution in [0.15, 0.2) is 36.4 Å². The summed E-state index contributed by atoms with van der Waals surface area (Å²) in [5, 5.41) is 10.0. The molecule has 0 aliphatic carbocycles. The van der Waals surface area contributed by atoms with Crippen molar-refractivity contribution in [1.82, 2.24) is 0 Å². The zero-order valence-electron chi connectivity index (χ0n) is 12.1. The minimum absolute atomic E-state index is 0.0631. The summed E-state index contributed by atoms with van der Waals surface area (Å²) >= 11 is 12.0. The van der Waals surface area contributed by atoms with Crippen LogP contribution in [0.25, 0.3) is 0 Å². The lowest BCUT2D eigenvalue weighted by Gasteiger charge is -2.10. The summed E-state index contributed by atoms with van der Waals surface area (Å²) in [5.74, 6) is 0.383. The van der Waals surface area contributed by atoms with Gasteiger partial charge in [-0.2, -0.15) is 0 Å². The van der Waals surface area contributed by atoms with Crippen molar-refractivity contribution in [2.75, 3.05) is 6.61 Å². The van der Waals surface area contributed by atoms with Crippen molar-refractivity contribution in [3.05, 3.63) is 57.6 Å². The molecule has 0 fully saturated rings. The lowest BCUT2D eigenvalue weighted by molar-refractivity contribution is -0.137. The normalized spacial score (nSPS) is 15.8. The molecule has 3 rings (SSSR count). The number of ether oxygens (including phenoxy) is 2. The van der Waals surface area contributed by atoms with Gasteiger partial charge in [0.05, 0.1) is 13.0 Å². The fourth-order valence-corrected chi connectivity index (χ4v) is 2.99. The van der Waals surface area contributed by atoms with Crippen molar-refractivity contribution in [2.45, 2.75) is 18.9 Å². The average molecular weight is 353 g/mol. The second kappa shape index (κ2) is 6.69. The number of rotatable bonds is 5. The van der Waals surface area contributed by atoms with Gasteiger partial charge in [-0.15, -0.1) is 0 Å². The quantitative estimate of drug-likeness (QED) is 0.859. The van der Waals surface area contributed by atoms with Crippen molar-refractivity contribution >= 4 is 29.2 Å². The topological polar surface area (TPSA) is 55.8 Å². The van der Waals surface area contributed by atoms with Gasteiger partial charge < -0.3 is 14.6 Å². The van der Waals surface area contributed by atoms with E-state index in [4.69, 9.17) is 37.8 Å². The fraction of sp³-hybridized carbons (Fsp3) is 0.235. The monoisotopic (exact) mass is 352 g/mol. The summed E-state index contributed by atoms with van der Waals surface area (Å²) in [5.41, 5.74) is 1.74. The number of carbonyl (C=O) groups is 1. The third-order valence-corrected chi connectivity index (χ3v) is 4.28. The minimum atomic E-state index is -0.829. The standard InChI is InChI=1S/C17H14Cl2O4/c18-12-2-1-10(15(19)6-12)8-22-13-3-4-14-11(5-17(20)21)9-23-16(14)7-13/h1-4,6-7,11H,5,8-9H2,(H,20,21)/t11-/m0/s1. The maximum Gasteiger partial charge on any atom is 0.304 e. The molecule has 1 aliphatic heterocycles. The third-order valence-electron chi connectivity index (χ3n) is 3.70. The number of hydrogen-bond donors (Lipinski definition) is 1. The molecule has 2 aromatic carbocycles. The van der Waals surface area contributed by atoms with Gasteiger partial charge >= 0.3 is 5.97 Å². The average Bonchev–Trinajstić information content (AvgIpc) is 2.88. The number of benzene rings is 2. The molecule has 0 bridgehead atoms. The van der Waals surface area contributed by atoms with E-state index in [1.54, 1.807) is 18.2 Å². The molecule has 23 heavy (non-hydrogen) atoms. The molecule has 0 spiro atoms. The van der Waals surface area contributed by atoms with Gasteiger partial charge in [-0.1, -0.05) is 35.3 Å². The van der Waals surface area contributed by atoms with Crippen molar-refractivity contribution in [3.8, 4) is 11.5 Å². The molecule has 0 saturated carbocycles. The van der Waals surface area contributed by atoms with E-state index in [0.717, 1.165) is 11.1 Å². The van der Waals surface area contributed by atoms with Crippen LogP contribution in [0, 0.1) is 0 Å². The first-order chi connectivity index (χ1) is 11.0. The number of hydrogen-bond acceptors (Lipinski definition) is 3. The molecule has 1 atom stereocenters. The van der Waals surface area contributed by atoms with Crippen LogP contribution >= 0.6 is 23.2 Å². The summed E-state index contributed by atoms with van der Waals surface area (Å²) in [6.07, 6.45) is 0.0631. The van der Waals surface area contributed by atoms with Crippen LogP contribution in [0.3, 0.4) is 0 Å². The molecule has 2 aromatic rings. The third kappa shape index (κ3) is 3.71. The Morgan fingerprint density at radius 1 is 1.26 bits per heavy atom. The maximum absolute atomic E-state index is 10.8. The second-order valence-electron chi connectivity index (χ2n) is 5.33. The Hall–Kier alpha value is -1.91. The highest BCUT2D eigenvalue weighted by Crippen LogP contribution is 2.38. The summed E-state index contributed by atoms with van der Waals surface area (Å²) in [6, 6.07) is 10.7. The summed E-state index contributed by atoms with van der Waals surface area (Å²) in [7, 11) is 0. The van der Waals surface area contributed by atoms with Crippen molar-refractivity contribution in [2.24, 2.45) is 0 Å². The van der Waals surface area contributed by atoms with E-state index < -0.39 is 5.97 Å². The van der Waals surface area contributed by atoms with Gasteiger partial charge in [-0.05, 0) is 18.2 Å². The van der Waals surface area contributed by atoms with Crippen molar-refractivity contribution in [1.29, 1.82) is 0 Å². The molecular weight excluding hydrogens is 339 g/mol. The molecule has 0 aromatic heterocycles. The molecule has 1 aliphatic rings. The first-order valence-corrected chi connectivity index (χ1v) is 7.84. The highest BCUT2D eigenvalue weighted by molar-refractivity contribution is 6.35. The molecule has 1 heterocycles. The Kier molecular flexibility index (Phi) is 4.64. The molecule has 0 amide bonds. The second-order valence-corrected chi connectivity index (χ2v) is 6.17. The SMILES string of the molecule is O=C(O)C[C@H]1COc2cc(OCc3ccc(Cl)cc3Cl)ccc21. The zero-order chi connectivity index (χ0) is 16.4. The Morgan fingerprint density at radius 3 is 2.83 bits per heavy atom. The first-order valence-electron chi connectivity index (χ1n) is 7.08. The van der Waals surface area contributed by atoms with Gasteiger partial charge in [-0.25, -0.2) is 0 Å². The van der Waals surface area contributed by atoms with Crippen LogP contribution in [-0.2, 0) is 11.4 Å². The van der Waals surface area contributed by atoms with Crippen LogP contribution in [0.5, 0.6) is 11.5 Å². The molecule has 0 radical (unpaired) electrons. The van der Waals surface area contributed by atoms with E-state index >= 15 is 0 Å². The smallest absolute Gasteiger partial charge is 0.304 e.